The fourth-order valence-corrected chi connectivity index (χ4v) is 1.64. The zero-order valence-electron chi connectivity index (χ0n) is 9.46. The van der Waals surface area contributed by atoms with Crippen LogP contribution in [0.25, 0.3) is 0 Å². The standard InChI is InChI=1S/C12H15ClN2O/c1-3-9(7-14)15-8-10-11(13)5-4-6-12(10)16-2/h4-6,9,15H,3,8H2,1-2H3. The topological polar surface area (TPSA) is 45.0 Å². The van der Waals surface area contributed by atoms with Gasteiger partial charge in [-0.25, -0.2) is 0 Å². The van der Waals surface area contributed by atoms with Crippen LogP contribution in [0.1, 0.15) is 18.9 Å². The van der Waals surface area contributed by atoms with Crippen LogP contribution in [0.5, 0.6) is 5.75 Å². The molecular weight excluding hydrogens is 224 g/mol. The van der Waals surface area contributed by atoms with Crippen molar-refractivity contribution in [3.8, 4) is 11.8 Å². The Morgan fingerprint density at radius 2 is 2.31 bits per heavy atom. The maximum Gasteiger partial charge on any atom is 0.124 e. The predicted octanol–water partition coefficient (Wildman–Crippen LogP) is 2.74. The van der Waals surface area contributed by atoms with Crippen molar-refractivity contribution in [2.45, 2.75) is 25.9 Å². The molecule has 1 aromatic rings. The third-order valence-electron chi connectivity index (χ3n) is 2.39. The molecule has 0 spiro atoms. The van der Waals surface area contributed by atoms with Gasteiger partial charge in [-0.2, -0.15) is 5.26 Å². The lowest BCUT2D eigenvalue weighted by Crippen LogP contribution is -2.26. The molecule has 0 saturated carbocycles. The van der Waals surface area contributed by atoms with E-state index in [2.05, 4.69) is 11.4 Å². The highest BCUT2D eigenvalue weighted by Crippen LogP contribution is 2.25. The van der Waals surface area contributed by atoms with Crippen molar-refractivity contribution in [3.63, 3.8) is 0 Å². The lowest BCUT2D eigenvalue weighted by atomic mass is 10.1. The van der Waals surface area contributed by atoms with Gasteiger partial charge in [-0.05, 0) is 18.6 Å². The highest BCUT2D eigenvalue weighted by molar-refractivity contribution is 6.31. The quantitative estimate of drug-likeness (QED) is 0.858. The Bertz CT molecular complexity index is 387. The van der Waals surface area contributed by atoms with E-state index in [0.29, 0.717) is 11.6 Å². The Hall–Kier alpha value is -1.24. The van der Waals surface area contributed by atoms with Gasteiger partial charge in [-0.3, -0.25) is 5.32 Å². The number of rotatable bonds is 5. The minimum atomic E-state index is -0.152. The van der Waals surface area contributed by atoms with Gasteiger partial charge in [0.2, 0.25) is 0 Å². The molecule has 0 heterocycles. The first-order valence-corrected chi connectivity index (χ1v) is 5.55. The summed E-state index contributed by atoms with van der Waals surface area (Å²) >= 11 is 6.08. The fraction of sp³-hybridized carbons (Fsp3) is 0.417. The summed E-state index contributed by atoms with van der Waals surface area (Å²) in [5.74, 6) is 0.743. The molecule has 16 heavy (non-hydrogen) atoms. The summed E-state index contributed by atoms with van der Waals surface area (Å²) in [5.41, 5.74) is 0.889. The molecular formula is C12H15ClN2O. The highest BCUT2D eigenvalue weighted by Gasteiger charge is 2.09. The van der Waals surface area contributed by atoms with Gasteiger partial charge in [-0.15, -0.1) is 0 Å². The van der Waals surface area contributed by atoms with Crippen LogP contribution in [0.4, 0.5) is 0 Å². The van der Waals surface area contributed by atoms with Crippen LogP contribution in [0.3, 0.4) is 0 Å². The Labute approximate surface area is 101 Å². The molecule has 0 amide bonds. The summed E-state index contributed by atoms with van der Waals surface area (Å²) in [6, 6.07) is 7.54. The van der Waals surface area contributed by atoms with E-state index in [9.17, 15) is 0 Å². The predicted molar refractivity (Wildman–Crippen MR) is 64.5 cm³/mol. The van der Waals surface area contributed by atoms with Crippen LogP contribution in [-0.4, -0.2) is 13.2 Å². The van der Waals surface area contributed by atoms with Crippen LogP contribution in [0, 0.1) is 11.3 Å². The van der Waals surface area contributed by atoms with Crippen molar-refractivity contribution >= 4 is 11.6 Å². The number of hydrogen-bond donors (Lipinski definition) is 1. The summed E-state index contributed by atoms with van der Waals surface area (Å²) in [7, 11) is 1.61. The summed E-state index contributed by atoms with van der Waals surface area (Å²) in [6.07, 6.45) is 0.767. The van der Waals surface area contributed by atoms with Crippen molar-refractivity contribution in [3.05, 3.63) is 28.8 Å². The van der Waals surface area contributed by atoms with E-state index in [4.69, 9.17) is 21.6 Å². The van der Waals surface area contributed by atoms with Crippen molar-refractivity contribution in [2.75, 3.05) is 7.11 Å². The number of halogens is 1. The fourth-order valence-electron chi connectivity index (χ4n) is 1.41. The number of nitrogens with one attached hydrogen (secondary N) is 1. The minimum absolute atomic E-state index is 0.152. The monoisotopic (exact) mass is 238 g/mol. The number of hydrogen-bond acceptors (Lipinski definition) is 3. The summed E-state index contributed by atoms with van der Waals surface area (Å²) in [5, 5.41) is 12.6. The molecule has 4 heteroatoms. The second kappa shape index (κ2) is 6.37. The van der Waals surface area contributed by atoms with Crippen LogP contribution in [0.2, 0.25) is 5.02 Å². The maximum atomic E-state index is 8.82. The molecule has 0 saturated heterocycles. The highest BCUT2D eigenvalue weighted by atomic mass is 35.5. The summed E-state index contributed by atoms with van der Waals surface area (Å²) in [4.78, 5) is 0. The molecule has 0 aliphatic heterocycles. The molecule has 1 aromatic carbocycles. The van der Waals surface area contributed by atoms with Gasteiger partial charge in [0.25, 0.3) is 0 Å². The zero-order chi connectivity index (χ0) is 12.0. The first kappa shape index (κ1) is 12.8. The molecule has 3 nitrogen and oxygen atoms in total. The Balaban J connectivity index is 2.77. The molecule has 0 radical (unpaired) electrons. The van der Waals surface area contributed by atoms with Gasteiger partial charge < -0.3 is 4.74 Å². The molecule has 0 aliphatic carbocycles. The first-order valence-electron chi connectivity index (χ1n) is 5.17. The number of nitriles is 1. The van der Waals surface area contributed by atoms with E-state index >= 15 is 0 Å². The van der Waals surface area contributed by atoms with E-state index in [1.807, 2.05) is 25.1 Å². The summed E-state index contributed by atoms with van der Waals surface area (Å²) < 4.78 is 5.22. The molecule has 0 fully saturated rings. The number of nitrogens with zero attached hydrogens (tertiary/aromatic N) is 1. The van der Waals surface area contributed by atoms with E-state index in [0.717, 1.165) is 17.7 Å². The van der Waals surface area contributed by atoms with Gasteiger partial charge in [0.1, 0.15) is 5.75 Å². The van der Waals surface area contributed by atoms with Gasteiger partial charge >= 0.3 is 0 Å². The SMILES string of the molecule is CCC(C#N)NCc1c(Cl)cccc1OC. The molecule has 1 N–H and O–H groups in total. The third-order valence-corrected chi connectivity index (χ3v) is 2.74. The van der Waals surface area contributed by atoms with Crippen molar-refractivity contribution < 1.29 is 4.74 Å². The van der Waals surface area contributed by atoms with Crippen molar-refractivity contribution in [1.82, 2.24) is 5.32 Å². The van der Waals surface area contributed by atoms with Crippen LogP contribution in [-0.2, 0) is 6.54 Å². The third kappa shape index (κ3) is 3.13. The second-order valence-electron chi connectivity index (χ2n) is 3.39. The van der Waals surface area contributed by atoms with Gasteiger partial charge in [0.15, 0.2) is 0 Å². The molecule has 0 aliphatic rings. The average molecular weight is 239 g/mol. The van der Waals surface area contributed by atoms with E-state index in [1.54, 1.807) is 7.11 Å². The molecule has 86 valence electrons. The lowest BCUT2D eigenvalue weighted by molar-refractivity contribution is 0.406. The van der Waals surface area contributed by atoms with Crippen LogP contribution >= 0.6 is 11.6 Å². The van der Waals surface area contributed by atoms with Gasteiger partial charge in [0, 0.05) is 17.1 Å². The number of methoxy groups -OCH3 is 1. The van der Waals surface area contributed by atoms with Crippen LogP contribution in [0.15, 0.2) is 18.2 Å². The maximum absolute atomic E-state index is 8.82. The molecule has 0 bridgehead atoms. The minimum Gasteiger partial charge on any atom is -0.496 e. The Kier molecular flexibility index (Phi) is 5.10. The van der Waals surface area contributed by atoms with Crippen LogP contribution < -0.4 is 10.1 Å². The van der Waals surface area contributed by atoms with E-state index in [1.165, 1.54) is 0 Å². The second-order valence-corrected chi connectivity index (χ2v) is 3.80. The van der Waals surface area contributed by atoms with Gasteiger partial charge in [0.05, 0.1) is 19.2 Å². The van der Waals surface area contributed by atoms with Crippen molar-refractivity contribution in [1.29, 1.82) is 5.26 Å². The largest absolute Gasteiger partial charge is 0.496 e. The van der Waals surface area contributed by atoms with Gasteiger partial charge in [-0.1, -0.05) is 24.6 Å². The van der Waals surface area contributed by atoms with E-state index < -0.39 is 0 Å². The Morgan fingerprint density at radius 3 is 2.88 bits per heavy atom. The zero-order valence-corrected chi connectivity index (χ0v) is 10.2. The average Bonchev–Trinajstić information content (AvgIpc) is 2.31. The molecule has 1 atom stereocenters. The Morgan fingerprint density at radius 1 is 1.56 bits per heavy atom. The normalized spacial score (nSPS) is 11.9. The number of benzene rings is 1. The van der Waals surface area contributed by atoms with Crippen molar-refractivity contribution in [2.24, 2.45) is 0 Å². The molecule has 1 unspecified atom stereocenters. The first-order chi connectivity index (χ1) is 7.72. The molecule has 0 aromatic heterocycles. The lowest BCUT2D eigenvalue weighted by Gasteiger charge is -2.13. The summed E-state index contributed by atoms with van der Waals surface area (Å²) in [6.45, 7) is 2.50. The smallest absolute Gasteiger partial charge is 0.124 e. The van der Waals surface area contributed by atoms with E-state index in [-0.39, 0.29) is 6.04 Å². The number of ether oxygens (including phenoxy) is 1. The molecule has 1 rings (SSSR count).